The SMILES string of the molecule is CC(C)(COP(=O)(O)OP(=O)(O)OC[C@H]1O[C@@H](n2cnc3c(N)ncnc32)[C@H](O)[C@@H]1OP(=O)(O)O)[C@@H](O)C(=O)NCCC(=O)NCCS.[Na]. The van der Waals surface area contributed by atoms with Gasteiger partial charge < -0.3 is 50.9 Å². The number of carbonyl (C=O) groups is 2. The summed E-state index contributed by atoms with van der Waals surface area (Å²) in [7, 11) is -16.3. The normalized spacial score (nSPS) is 22.9. The van der Waals surface area contributed by atoms with E-state index >= 15 is 0 Å². The Hall–Kier alpha value is -1.11. The molecule has 28 heteroatoms. The zero-order valence-corrected chi connectivity index (χ0v) is 31.8. The second-order valence-corrected chi connectivity index (χ2v) is 15.5. The molecule has 1 radical (unpaired) electrons. The molecule has 1 aliphatic heterocycles. The van der Waals surface area contributed by atoms with E-state index < -0.39 is 78.6 Å². The van der Waals surface area contributed by atoms with Crippen molar-refractivity contribution in [2.45, 2.75) is 50.9 Å². The van der Waals surface area contributed by atoms with Crippen LogP contribution in [0.1, 0.15) is 26.5 Å². The van der Waals surface area contributed by atoms with E-state index in [4.69, 9.17) is 19.5 Å². The first-order valence-electron chi connectivity index (χ1n) is 13.7. The molecule has 7 atom stereocenters. The molecule has 23 nitrogen and oxygen atoms in total. The van der Waals surface area contributed by atoms with E-state index in [-0.39, 0.29) is 65.4 Å². The van der Waals surface area contributed by atoms with Gasteiger partial charge in [-0.15, -0.1) is 0 Å². The van der Waals surface area contributed by atoms with Crippen molar-refractivity contribution in [3.05, 3.63) is 12.7 Å². The molecule has 2 aromatic rings. The molecular weight excluding hydrogens is 754 g/mol. The molecule has 10 N–H and O–H groups in total. The quantitative estimate of drug-likeness (QED) is 0.0441. The number of ether oxygens (including phenoxy) is 1. The van der Waals surface area contributed by atoms with Crippen LogP contribution in [0.5, 0.6) is 0 Å². The predicted molar refractivity (Wildman–Crippen MR) is 169 cm³/mol. The van der Waals surface area contributed by atoms with Crippen molar-refractivity contribution < 1.29 is 75.7 Å². The Kier molecular flexibility index (Phi) is 16.3. The summed E-state index contributed by atoms with van der Waals surface area (Å²) < 4.78 is 61.7. The van der Waals surface area contributed by atoms with Gasteiger partial charge in [0.2, 0.25) is 11.8 Å². The number of phosphoric acid groups is 3. The van der Waals surface area contributed by atoms with Gasteiger partial charge in [0.15, 0.2) is 17.7 Å². The summed E-state index contributed by atoms with van der Waals surface area (Å²) in [4.78, 5) is 74.6. The number of thiol groups is 1. The van der Waals surface area contributed by atoms with Crippen LogP contribution in [-0.4, -0.2) is 147 Å². The number of aromatic nitrogens is 4. The van der Waals surface area contributed by atoms with Crippen molar-refractivity contribution in [1.29, 1.82) is 0 Å². The van der Waals surface area contributed by atoms with Crippen LogP contribution in [0.2, 0.25) is 0 Å². The van der Waals surface area contributed by atoms with Gasteiger partial charge in [-0.1, -0.05) is 13.8 Å². The van der Waals surface area contributed by atoms with Crippen molar-refractivity contribution >= 4 is 94.5 Å². The van der Waals surface area contributed by atoms with Gasteiger partial charge in [0.05, 0.1) is 19.5 Å². The molecule has 3 heterocycles. The second kappa shape index (κ2) is 18.1. The first-order chi connectivity index (χ1) is 22.2. The van der Waals surface area contributed by atoms with E-state index in [1.54, 1.807) is 0 Å². The number of imidazole rings is 1. The van der Waals surface area contributed by atoms with Crippen molar-refractivity contribution in [1.82, 2.24) is 30.2 Å². The molecule has 0 aliphatic carbocycles. The number of nitrogen functional groups attached to an aromatic ring is 1. The number of hydrogen-bond acceptors (Lipinski definition) is 17. The summed E-state index contributed by atoms with van der Waals surface area (Å²) in [5.41, 5.74) is 4.30. The minimum atomic E-state index is -5.54. The number of nitrogens with two attached hydrogens (primary N) is 1. The van der Waals surface area contributed by atoms with Gasteiger partial charge in [0.25, 0.3) is 0 Å². The zero-order valence-electron chi connectivity index (χ0n) is 26.2. The molecule has 2 unspecified atom stereocenters. The largest absolute Gasteiger partial charge is 0.481 e. The Labute approximate surface area is 305 Å². The number of rotatable bonds is 18. The molecule has 0 spiro atoms. The van der Waals surface area contributed by atoms with Crippen molar-refractivity contribution in [3.8, 4) is 0 Å². The van der Waals surface area contributed by atoms with Crippen LogP contribution in [-0.2, 0) is 45.9 Å². The van der Waals surface area contributed by atoms with Gasteiger partial charge in [-0.25, -0.2) is 28.6 Å². The number of amides is 2. The van der Waals surface area contributed by atoms with E-state index in [9.17, 15) is 53.1 Å². The third-order valence-electron chi connectivity index (χ3n) is 6.51. The standard InChI is InChI=1S/C21H36N7O16P3S.Na/c1-21(2,16(31)19(32)24-4-3-12(29)23-5-6-48)8-41-47(38,39)44-46(36,37)40-7-11-15(43-45(33,34)35)14(30)20(42-11)28-10-27-13-17(22)25-9-26-18(13)28;/h9-11,14-16,20,30-31,48H,3-8H2,1-2H3,(H,23,29)(H,24,32)(H,36,37)(H,38,39)(H2,22,25,26)(H2,33,34,35);/t11-,14-,15-,16+,20-;/m1./s1. The number of hydrogen-bond donors (Lipinski definition) is 10. The summed E-state index contributed by atoms with van der Waals surface area (Å²) in [5, 5.41) is 26.1. The van der Waals surface area contributed by atoms with E-state index in [1.807, 2.05) is 0 Å². The van der Waals surface area contributed by atoms with Gasteiger partial charge >= 0.3 is 23.5 Å². The Morgan fingerprint density at radius 2 is 1.76 bits per heavy atom. The van der Waals surface area contributed by atoms with Gasteiger partial charge in [0, 0.05) is 60.2 Å². The molecule has 1 saturated heterocycles. The monoisotopic (exact) mass is 790 g/mol. The molecule has 0 bridgehead atoms. The first-order valence-corrected chi connectivity index (χ1v) is 18.8. The van der Waals surface area contributed by atoms with Gasteiger partial charge in [-0.05, 0) is 0 Å². The summed E-state index contributed by atoms with van der Waals surface area (Å²) >= 11 is 3.95. The maximum atomic E-state index is 12.6. The fourth-order valence-corrected chi connectivity index (χ4v) is 7.08. The van der Waals surface area contributed by atoms with E-state index in [1.165, 1.54) is 13.8 Å². The van der Waals surface area contributed by atoms with Crippen LogP contribution < -0.4 is 16.4 Å². The average molecular weight is 791 g/mol. The number of fused-ring (bicyclic) bond motifs is 1. The fourth-order valence-electron chi connectivity index (χ4n) is 4.14. The van der Waals surface area contributed by atoms with Gasteiger partial charge in [0.1, 0.15) is 36.3 Å². The van der Waals surface area contributed by atoms with Crippen LogP contribution in [0.25, 0.3) is 11.2 Å². The molecule has 3 rings (SSSR count). The number of aliphatic hydroxyl groups excluding tert-OH is 2. The average Bonchev–Trinajstić information content (AvgIpc) is 3.54. The third kappa shape index (κ3) is 12.8. The van der Waals surface area contributed by atoms with Crippen molar-refractivity contribution in [2.75, 3.05) is 37.8 Å². The minimum absolute atomic E-state index is 0. The number of phosphoric ester groups is 3. The number of anilines is 1. The van der Waals surface area contributed by atoms with Crippen molar-refractivity contribution in [3.63, 3.8) is 0 Å². The van der Waals surface area contributed by atoms with Crippen molar-refractivity contribution in [2.24, 2.45) is 5.41 Å². The third-order valence-corrected chi connectivity index (χ3v) is 9.83. The van der Waals surface area contributed by atoms with E-state index in [0.29, 0.717) is 12.3 Å². The van der Waals surface area contributed by atoms with Crippen LogP contribution in [0.15, 0.2) is 12.7 Å². The molecule has 2 amide bonds. The van der Waals surface area contributed by atoms with Crippen LogP contribution in [0, 0.1) is 5.41 Å². The first kappa shape index (κ1) is 44.1. The fraction of sp³-hybridized carbons (Fsp3) is 0.667. The summed E-state index contributed by atoms with van der Waals surface area (Å²) in [5.74, 6) is -0.943. The Balaban J connectivity index is 0.00000833. The smallest absolute Gasteiger partial charge is 0.386 e. The minimum Gasteiger partial charge on any atom is -0.386 e. The number of nitrogens with one attached hydrogen (secondary N) is 2. The molecular formula is C21H36N7NaO16P3S. The molecule has 49 heavy (non-hydrogen) atoms. The predicted octanol–water partition coefficient (Wildman–Crippen LogP) is -2.05. The second-order valence-electron chi connectivity index (χ2n) is 10.8. The molecule has 0 saturated carbocycles. The van der Waals surface area contributed by atoms with Crippen LogP contribution >= 0.6 is 36.1 Å². The summed E-state index contributed by atoms with van der Waals surface area (Å²) in [6.45, 7) is 0.723. The summed E-state index contributed by atoms with van der Waals surface area (Å²) in [6, 6.07) is 0. The maximum Gasteiger partial charge on any atom is 0.481 e. The topological polar surface area (TPSA) is 347 Å². The molecule has 1 fully saturated rings. The Morgan fingerprint density at radius 3 is 2.39 bits per heavy atom. The van der Waals surface area contributed by atoms with Gasteiger partial charge in [-0.2, -0.15) is 16.9 Å². The number of nitrogens with zero attached hydrogens (tertiary/aromatic N) is 4. The van der Waals surface area contributed by atoms with Crippen LogP contribution in [0.4, 0.5) is 5.82 Å². The van der Waals surface area contributed by atoms with Crippen LogP contribution in [0.3, 0.4) is 0 Å². The zero-order chi connectivity index (χ0) is 36.1. The molecule has 0 aromatic carbocycles. The molecule has 273 valence electrons. The number of aliphatic hydroxyl groups is 2. The molecule has 1 aliphatic rings. The Morgan fingerprint density at radius 1 is 1.10 bits per heavy atom. The van der Waals surface area contributed by atoms with E-state index in [0.717, 1.165) is 17.2 Å². The Bertz CT molecular complexity index is 1600. The number of carbonyl (C=O) groups excluding carboxylic acids is 2. The molecule has 2 aromatic heterocycles. The summed E-state index contributed by atoms with van der Waals surface area (Å²) in [6.07, 6.45) is -6.74. The van der Waals surface area contributed by atoms with Gasteiger partial charge in [-0.3, -0.25) is 27.7 Å². The van der Waals surface area contributed by atoms with E-state index in [2.05, 4.69) is 47.0 Å². The maximum absolute atomic E-state index is 12.6.